The molecule has 2 aromatic carbocycles. The van der Waals surface area contributed by atoms with Gasteiger partial charge in [-0.3, -0.25) is 5.32 Å². The number of unbranched alkanes of at least 4 members (excludes halogenated alkanes) is 3. The second kappa shape index (κ2) is 8.85. The molecule has 0 aromatic heterocycles. The predicted molar refractivity (Wildman–Crippen MR) is 95.4 cm³/mol. The third-order valence-corrected chi connectivity index (χ3v) is 3.52. The molecule has 0 heterocycles. The van der Waals surface area contributed by atoms with Crippen LogP contribution in [-0.2, 0) is 4.74 Å². The number of hydrogen-bond donors (Lipinski definition) is 1. The van der Waals surface area contributed by atoms with E-state index in [1.807, 2.05) is 42.5 Å². The maximum atomic E-state index is 12.0. The Balaban J connectivity index is 1.91. The Kier molecular flexibility index (Phi) is 6.50. The van der Waals surface area contributed by atoms with E-state index in [4.69, 9.17) is 4.74 Å². The number of fused-ring (bicyclic) bond motifs is 1. The molecule has 3 heteroatoms. The molecular formula is C20H23NO2. The molecule has 1 unspecified atom stereocenters. The third kappa shape index (κ3) is 5.34. The summed E-state index contributed by atoms with van der Waals surface area (Å²) in [5, 5.41) is 4.87. The summed E-state index contributed by atoms with van der Waals surface area (Å²) in [6, 6.07) is 13.7. The highest BCUT2D eigenvalue weighted by Gasteiger charge is 2.09. The van der Waals surface area contributed by atoms with Gasteiger partial charge in [-0.2, -0.15) is 0 Å². The highest BCUT2D eigenvalue weighted by atomic mass is 16.6. The first-order valence-corrected chi connectivity index (χ1v) is 8.14. The van der Waals surface area contributed by atoms with Crippen LogP contribution >= 0.6 is 0 Å². The van der Waals surface area contributed by atoms with Crippen LogP contribution in [0.5, 0.6) is 0 Å². The lowest BCUT2D eigenvalue weighted by Gasteiger charge is -2.11. The van der Waals surface area contributed by atoms with Gasteiger partial charge >= 0.3 is 6.09 Å². The lowest BCUT2D eigenvalue weighted by atomic mass is 10.1. The number of nitrogens with one attached hydrogen (secondary N) is 1. The molecule has 0 aliphatic heterocycles. The van der Waals surface area contributed by atoms with Crippen molar-refractivity contribution in [3.63, 3.8) is 0 Å². The summed E-state index contributed by atoms with van der Waals surface area (Å²) in [6.45, 7) is 3.95. The molecule has 0 saturated heterocycles. The molecule has 1 N–H and O–H groups in total. The number of hydrogen-bond acceptors (Lipinski definition) is 2. The van der Waals surface area contributed by atoms with E-state index >= 15 is 0 Å². The fourth-order valence-electron chi connectivity index (χ4n) is 2.34. The van der Waals surface area contributed by atoms with Gasteiger partial charge in [0.2, 0.25) is 0 Å². The van der Waals surface area contributed by atoms with Crippen molar-refractivity contribution >= 4 is 22.6 Å². The van der Waals surface area contributed by atoms with Crippen LogP contribution < -0.4 is 5.32 Å². The van der Waals surface area contributed by atoms with E-state index in [1.54, 1.807) is 6.92 Å². The zero-order valence-electron chi connectivity index (χ0n) is 13.8. The maximum Gasteiger partial charge on any atom is 0.412 e. The van der Waals surface area contributed by atoms with Gasteiger partial charge in [0.25, 0.3) is 0 Å². The van der Waals surface area contributed by atoms with E-state index in [2.05, 4.69) is 24.1 Å². The molecule has 2 aromatic rings. The van der Waals surface area contributed by atoms with Crippen molar-refractivity contribution in [3.05, 3.63) is 42.5 Å². The number of ether oxygens (including phenoxy) is 1. The highest BCUT2D eigenvalue weighted by molar-refractivity contribution is 6.00. The normalized spacial score (nSPS) is 11.4. The summed E-state index contributed by atoms with van der Waals surface area (Å²) >= 11 is 0. The quantitative estimate of drug-likeness (QED) is 0.596. The molecule has 120 valence electrons. The Hall–Kier alpha value is -2.47. The van der Waals surface area contributed by atoms with Crippen LogP contribution in [0.3, 0.4) is 0 Å². The second-order valence-corrected chi connectivity index (χ2v) is 5.48. The summed E-state index contributed by atoms with van der Waals surface area (Å²) in [6.07, 6.45) is 3.43. The van der Waals surface area contributed by atoms with Crippen molar-refractivity contribution in [1.82, 2.24) is 0 Å². The number of anilines is 1. The first-order valence-electron chi connectivity index (χ1n) is 8.14. The lowest BCUT2D eigenvalue weighted by molar-refractivity contribution is 0.145. The minimum absolute atomic E-state index is 0.411. The largest absolute Gasteiger partial charge is 0.433 e. The van der Waals surface area contributed by atoms with Gasteiger partial charge in [0.1, 0.15) is 0 Å². The third-order valence-electron chi connectivity index (χ3n) is 3.52. The van der Waals surface area contributed by atoms with Gasteiger partial charge in [-0.05, 0) is 24.8 Å². The Morgan fingerprint density at radius 3 is 2.78 bits per heavy atom. The van der Waals surface area contributed by atoms with Gasteiger partial charge < -0.3 is 4.74 Å². The molecule has 0 aliphatic rings. The van der Waals surface area contributed by atoms with Crippen LogP contribution in [0.25, 0.3) is 10.8 Å². The fraction of sp³-hybridized carbons (Fsp3) is 0.350. The van der Waals surface area contributed by atoms with Crippen LogP contribution in [0.15, 0.2) is 42.5 Å². The highest BCUT2D eigenvalue weighted by Crippen LogP contribution is 2.23. The molecule has 0 fully saturated rings. The summed E-state index contributed by atoms with van der Waals surface area (Å²) in [7, 11) is 0. The first kappa shape index (κ1) is 16.9. The number of amides is 1. The summed E-state index contributed by atoms with van der Waals surface area (Å²) < 4.78 is 5.29. The minimum Gasteiger partial charge on any atom is -0.433 e. The summed E-state index contributed by atoms with van der Waals surface area (Å²) in [5.74, 6) is 6.03. The van der Waals surface area contributed by atoms with Crippen molar-refractivity contribution in [2.45, 2.75) is 45.6 Å². The van der Waals surface area contributed by atoms with Crippen LogP contribution in [-0.4, -0.2) is 12.2 Å². The Morgan fingerprint density at radius 2 is 1.96 bits per heavy atom. The first-order chi connectivity index (χ1) is 11.2. The Bertz CT molecular complexity index is 707. The molecular weight excluding hydrogens is 286 g/mol. The van der Waals surface area contributed by atoms with Crippen LogP contribution in [0, 0.1) is 11.8 Å². The average Bonchev–Trinajstić information content (AvgIpc) is 2.55. The lowest BCUT2D eigenvalue weighted by Crippen LogP contribution is -2.19. The van der Waals surface area contributed by atoms with Crippen molar-refractivity contribution < 1.29 is 9.53 Å². The Labute approximate surface area is 138 Å². The van der Waals surface area contributed by atoms with E-state index < -0.39 is 12.2 Å². The Morgan fingerprint density at radius 1 is 1.17 bits per heavy atom. The summed E-state index contributed by atoms with van der Waals surface area (Å²) in [4.78, 5) is 12.0. The van der Waals surface area contributed by atoms with Gasteiger partial charge in [-0.25, -0.2) is 4.79 Å². The van der Waals surface area contributed by atoms with Crippen LogP contribution in [0.4, 0.5) is 10.5 Å². The number of carbonyl (C=O) groups excluding carboxylic acids is 1. The summed E-state index contributed by atoms with van der Waals surface area (Å²) in [5.41, 5.74) is 0.746. The fourth-order valence-corrected chi connectivity index (χ4v) is 2.34. The molecule has 0 radical (unpaired) electrons. The standard InChI is InChI=1S/C20H23NO2/c1-3-4-5-6-7-11-16(2)23-20(22)21-19-15-10-13-17-12-8-9-14-18(17)19/h8-10,12-16H,3-6H2,1-2H3,(H,21,22). The van der Waals surface area contributed by atoms with Crippen LogP contribution in [0.1, 0.15) is 39.5 Å². The van der Waals surface area contributed by atoms with Crippen molar-refractivity contribution in [3.8, 4) is 11.8 Å². The van der Waals surface area contributed by atoms with E-state index in [0.717, 1.165) is 29.3 Å². The van der Waals surface area contributed by atoms with E-state index in [1.165, 1.54) is 12.8 Å². The second-order valence-electron chi connectivity index (χ2n) is 5.48. The monoisotopic (exact) mass is 309 g/mol. The molecule has 0 aliphatic carbocycles. The number of carbonyl (C=O) groups is 1. The SMILES string of the molecule is CCCCCC#CC(C)OC(=O)Nc1cccc2ccccc12. The van der Waals surface area contributed by atoms with E-state index in [-0.39, 0.29) is 0 Å². The zero-order valence-corrected chi connectivity index (χ0v) is 13.8. The molecule has 0 saturated carbocycles. The molecule has 0 spiro atoms. The van der Waals surface area contributed by atoms with Gasteiger partial charge in [-0.15, -0.1) is 0 Å². The van der Waals surface area contributed by atoms with Gasteiger partial charge in [-0.1, -0.05) is 68.0 Å². The van der Waals surface area contributed by atoms with Crippen molar-refractivity contribution in [2.24, 2.45) is 0 Å². The van der Waals surface area contributed by atoms with E-state index in [0.29, 0.717) is 0 Å². The van der Waals surface area contributed by atoms with Crippen LogP contribution in [0.2, 0.25) is 0 Å². The topological polar surface area (TPSA) is 38.3 Å². The zero-order chi connectivity index (χ0) is 16.5. The minimum atomic E-state index is -0.475. The molecule has 0 bridgehead atoms. The smallest absolute Gasteiger partial charge is 0.412 e. The van der Waals surface area contributed by atoms with Gasteiger partial charge in [0, 0.05) is 11.8 Å². The van der Waals surface area contributed by atoms with Crippen molar-refractivity contribution in [1.29, 1.82) is 0 Å². The molecule has 1 amide bonds. The average molecular weight is 309 g/mol. The van der Waals surface area contributed by atoms with E-state index in [9.17, 15) is 4.79 Å². The van der Waals surface area contributed by atoms with Crippen molar-refractivity contribution in [2.75, 3.05) is 5.32 Å². The molecule has 2 rings (SSSR count). The number of rotatable bonds is 5. The molecule has 23 heavy (non-hydrogen) atoms. The molecule has 3 nitrogen and oxygen atoms in total. The number of benzene rings is 2. The molecule has 1 atom stereocenters. The predicted octanol–water partition coefficient (Wildman–Crippen LogP) is 5.36. The van der Waals surface area contributed by atoms with Gasteiger partial charge in [0.15, 0.2) is 6.10 Å². The van der Waals surface area contributed by atoms with Gasteiger partial charge in [0.05, 0.1) is 5.69 Å². The maximum absolute atomic E-state index is 12.0.